The Balaban J connectivity index is 1.51. The number of amides is 1. The largest absolute Gasteiger partial charge is 0.495 e. The summed E-state index contributed by atoms with van der Waals surface area (Å²) in [6.45, 7) is 5.54. The number of benzene rings is 2. The van der Waals surface area contributed by atoms with E-state index in [1.54, 1.807) is 51.9 Å². The van der Waals surface area contributed by atoms with Crippen LogP contribution in [0.4, 0.5) is 5.69 Å². The molecule has 0 saturated carbocycles. The molecule has 198 valence electrons. The number of piperazine rings is 1. The van der Waals surface area contributed by atoms with Gasteiger partial charge in [0, 0.05) is 42.7 Å². The van der Waals surface area contributed by atoms with Gasteiger partial charge in [0.1, 0.15) is 5.75 Å². The van der Waals surface area contributed by atoms with Gasteiger partial charge in [0.25, 0.3) is 5.91 Å². The van der Waals surface area contributed by atoms with Crippen molar-refractivity contribution in [1.29, 1.82) is 0 Å². The zero-order chi connectivity index (χ0) is 26.4. The summed E-state index contributed by atoms with van der Waals surface area (Å²) in [5.74, 6) is 2.04. The molecule has 0 radical (unpaired) electrons. The highest BCUT2D eigenvalue weighted by Crippen LogP contribution is 2.38. The van der Waals surface area contributed by atoms with Crippen LogP contribution in [0, 0.1) is 0 Å². The maximum Gasteiger partial charge on any atom is 0.251 e. The normalized spacial score (nSPS) is 15.5. The standard InChI is InChI=1S/C28H35N3O5S/c1-19(29-28(32)20-17-23(34-3)27(36-5)24(18-20)35-4)26(25-11-8-16-37-25)31-14-12-30(13-15-31)21-9-6-7-10-22(21)33-2/h6-11,16-19,26H,12-15H2,1-5H3,(H,29,32)/t19-,26+/m0/s1. The summed E-state index contributed by atoms with van der Waals surface area (Å²) >= 11 is 1.71. The van der Waals surface area contributed by atoms with Gasteiger partial charge in [-0.2, -0.15) is 0 Å². The number of nitrogens with zero attached hydrogens (tertiary/aromatic N) is 2. The predicted octanol–water partition coefficient (Wildman–Crippen LogP) is 4.46. The van der Waals surface area contributed by atoms with Crippen molar-refractivity contribution < 1.29 is 23.7 Å². The molecule has 3 aromatic rings. The molecule has 0 bridgehead atoms. The van der Waals surface area contributed by atoms with Crippen molar-refractivity contribution in [2.24, 2.45) is 0 Å². The number of hydrogen-bond acceptors (Lipinski definition) is 8. The average molecular weight is 526 g/mol. The summed E-state index contributed by atoms with van der Waals surface area (Å²) in [6.07, 6.45) is 0. The Bertz CT molecular complexity index is 1150. The number of hydrogen-bond donors (Lipinski definition) is 1. The first kappa shape index (κ1) is 26.6. The molecule has 2 atom stereocenters. The number of para-hydroxylation sites is 2. The molecule has 0 spiro atoms. The molecule has 1 amide bonds. The number of carbonyl (C=O) groups excluding carboxylic acids is 1. The fourth-order valence-corrected chi connectivity index (χ4v) is 5.88. The van der Waals surface area contributed by atoms with Crippen molar-refractivity contribution in [3.63, 3.8) is 0 Å². The van der Waals surface area contributed by atoms with Gasteiger partial charge in [-0.1, -0.05) is 18.2 Å². The number of thiophene rings is 1. The van der Waals surface area contributed by atoms with Crippen LogP contribution in [0.15, 0.2) is 53.9 Å². The number of ether oxygens (including phenoxy) is 4. The molecule has 1 fully saturated rings. The predicted molar refractivity (Wildman–Crippen MR) is 147 cm³/mol. The summed E-state index contributed by atoms with van der Waals surface area (Å²) in [4.78, 5) is 19.4. The minimum absolute atomic E-state index is 0.0470. The van der Waals surface area contributed by atoms with Crippen molar-refractivity contribution in [3.8, 4) is 23.0 Å². The molecule has 0 unspecified atom stereocenters. The van der Waals surface area contributed by atoms with Crippen LogP contribution < -0.4 is 29.2 Å². The number of nitrogens with one attached hydrogen (secondary N) is 1. The Morgan fingerprint density at radius 1 is 0.865 bits per heavy atom. The molecule has 2 aromatic carbocycles. The Labute approximate surface area is 222 Å². The van der Waals surface area contributed by atoms with E-state index < -0.39 is 0 Å². The van der Waals surface area contributed by atoms with E-state index in [0.29, 0.717) is 22.8 Å². The zero-order valence-electron chi connectivity index (χ0n) is 22.0. The van der Waals surface area contributed by atoms with E-state index in [1.807, 2.05) is 18.2 Å². The number of anilines is 1. The molecule has 1 saturated heterocycles. The van der Waals surface area contributed by atoms with Crippen LogP contribution >= 0.6 is 11.3 Å². The van der Waals surface area contributed by atoms with Crippen molar-refractivity contribution in [3.05, 3.63) is 64.4 Å². The van der Waals surface area contributed by atoms with E-state index in [-0.39, 0.29) is 18.0 Å². The molecule has 9 heteroatoms. The van der Waals surface area contributed by atoms with Gasteiger partial charge < -0.3 is 29.2 Å². The monoisotopic (exact) mass is 525 g/mol. The fraction of sp³-hybridized carbons (Fsp3) is 0.393. The van der Waals surface area contributed by atoms with Gasteiger partial charge in [-0.05, 0) is 42.6 Å². The molecule has 1 aliphatic rings. The topological polar surface area (TPSA) is 72.5 Å². The SMILES string of the molecule is COc1ccccc1N1CCN([C@@H](c2cccs2)[C@H](C)NC(=O)c2cc(OC)c(OC)c(OC)c2)CC1. The third-order valence-corrected chi connectivity index (χ3v) is 7.67. The fourth-order valence-electron chi connectivity index (χ4n) is 4.92. The van der Waals surface area contributed by atoms with Crippen LogP contribution in [0.2, 0.25) is 0 Å². The van der Waals surface area contributed by atoms with E-state index in [4.69, 9.17) is 18.9 Å². The van der Waals surface area contributed by atoms with Gasteiger partial charge in [-0.25, -0.2) is 0 Å². The molecule has 4 rings (SSSR count). The highest BCUT2D eigenvalue weighted by atomic mass is 32.1. The summed E-state index contributed by atoms with van der Waals surface area (Å²) in [6, 6.07) is 15.6. The molecular formula is C28H35N3O5S. The highest BCUT2D eigenvalue weighted by molar-refractivity contribution is 7.10. The quantitative estimate of drug-likeness (QED) is 0.419. The molecule has 2 heterocycles. The summed E-state index contributed by atoms with van der Waals surface area (Å²) in [7, 11) is 6.33. The third kappa shape index (κ3) is 5.78. The molecular weight excluding hydrogens is 490 g/mol. The van der Waals surface area contributed by atoms with Crippen LogP contribution in [0.25, 0.3) is 0 Å². The number of carbonyl (C=O) groups is 1. The van der Waals surface area contributed by atoms with E-state index in [1.165, 1.54) is 4.88 Å². The molecule has 1 aliphatic heterocycles. The van der Waals surface area contributed by atoms with Gasteiger partial charge in [-0.15, -0.1) is 11.3 Å². The summed E-state index contributed by atoms with van der Waals surface area (Å²) < 4.78 is 21.8. The molecule has 37 heavy (non-hydrogen) atoms. The van der Waals surface area contributed by atoms with Crippen LogP contribution in [-0.2, 0) is 0 Å². The first-order valence-electron chi connectivity index (χ1n) is 12.3. The average Bonchev–Trinajstić information content (AvgIpc) is 3.46. The second-order valence-electron chi connectivity index (χ2n) is 8.83. The van der Waals surface area contributed by atoms with Gasteiger partial charge in [0.05, 0.1) is 40.2 Å². The zero-order valence-corrected chi connectivity index (χ0v) is 22.8. The Hall–Kier alpha value is -3.43. The van der Waals surface area contributed by atoms with Gasteiger partial charge in [0.2, 0.25) is 5.75 Å². The number of methoxy groups -OCH3 is 4. The second kappa shape index (κ2) is 12.2. The van der Waals surface area contributed by atoms with Crippen LogP contribution in [0.5, 0.6) is 23.0 Å². The minimum Gasteiger partial charge on any atom is -0.495 e. The van der Waals surface area contributed by atoms with Crippen molar-refractivity contribution in [2.45, 2.75) is 19.0 Å². The van der Waals surface area contributed by atoms with Gasteiger partial charge in [0.15, 0.2) is 11.5 Å². The maximum absolute atomic E-state index is 13.4. The number of rotatable bonds is 10. The smallest absolute Gasteiger partial charge is 0.251 e. The van der Waals surface area contributed by atoms with E-state index in [2.05, 4.69) is 45.6 Å². The first-order chi connectivity index (χ1) is 18.0. The minimum atomic E-state index is -0.194. The van der Waals surface area contributed by atoms with Crippen LogP contribution in [0.3, 0.4) is 0 Å². The van der Waals surface area contributed by atoms with Crippen LogP contribution in [-0.4, -0.2) is 71.5 Å². The Kier molecular flexibility index (Phi) is 8.78. The lowest BCUT2D eigenvalue weighted by molar-refractivity contribution is 0.0889. The third-order valence-electron chi connectivity index (χ3n) is 6.73. The highest BCUT2D eigenvalue weighted by Gasteiger charge is 2.32. The van der Waals surface area contributed by atoms with Crippen molar-refractivity contribution in [1.82, 2.24) is 10.2 Å². The Morgan fingerprint density at radius 2 is 1.51 bits per heavy atom. The maximum atomic E-state index is 13.4. The van der Waals surface area contributed by atoms with E-state index in [0.717, 1.165) is 37.6 Å². The summed E-state index contributed by atoms with van der Waals surface area (Å²) in [5.41, 5.74) is 1.56. The molecule has 8 nitrogen and oxygen atoms in total. The van der Waals surface area contributed by atoms with E-state index in [9.17, 15) is 4.79 Å². The van der Waals surface area contributed by atoms with Gasteiger partial charge in [-0.3, -0.25) is 9.69 Å². The van der Waals surface area contributed by atoms with Gasteiger partial charge >= 0.3 is 0 Å². The lowest BCUT2D eigenvalue weighted by Crippen LogP contribution is -2.52. The lowest BCUT2D eigenvalue weighted by atomic mass is 10.0. The van der Waals surface area contributed by atoms with E-state index >= 15 is 0 Å². The first-order valence-corrected chi connectivity index (χ1v) is 13.1. The van der Waals surface area contributed by atoms with Crippen molar-refractivity contribution in [2.75, 3.05) is 59.5 Å². The lowest BCUT2D eigenvalue weighted by Gasteiger charge is -2.42. The van der Waals surface area contributed by atoms with Crippen molar-refractivity contribution >= 4 is 22.9 Å². The molecule has 1 N–H and O–H groups in total. The Morgan fingerprint density at radius 3 is 2.08 bits per heavy atom. The summed E-state index contributed by atoms with van der Waals surface area (Å²) in [5, 5.41) is 5.31. The molecule has 0 aliphatic carbocycles. The molecule has 1 aromatic heterocycles. The second-order valence-corrected chi connectivity index (χ2v) is 9.81. The van der Waals surface area contributed by atoms with Crippen LogP contribution in [0.1, 0.15) is 28.2 Å².